The highest BCUT2D eigenvalue weighted by atomic mass is 32.2. The summed E-state index contributed by atoms with van der Waals surface area (Å²) in [6, 6.07) is 5.07. The quantitative estimate of drug-likeness (QED) is 0.458. The number of nitrogens with zero attached hydrogens (tertiary/aromatic N) is 2. The fraction of sp³-hybridized carbons (Fsp3) is 0.364. The SMILES string of the molecule is Cc1ccc(NC(=O)NC(=O)C(C)Sc2nc3sc4c(c3c(=O)n2C)CCC4)c(C)c1. The van der Waals surface area contributed by atoms with Crippen LogP contribution in [0.3, 0.4) is 0 Å². The van der Waals surface area contributed by atoms with Gasteiger partial charge in [0, 0.05) is 17.6 Å². The molecule has 3 amide bonds. The summed E-state index contributed by atoms with van der Waals surface area (Å²) in [5.74, 6) is -0.449. The molecule has 0 aliphatic heterocycles. The lowest BCUT2D eigenvalue weighted by Gasteiger charge is -2.14. The molecule has 31 heavy (non-hydrogen) atoms. The Bertz CT molecular complexity index is 1260. The second-order valence-corrected chi connectivity index (χ2v) is 10.2. The van der Waals surface area contributed by atoms with Gasteiger partial charge in [-0.05, 0) is 57.2 Å². The largest absolute Gasteiger partial charge is 0.325 e. The smallest absolute Gasteiger partial charge is 0.307 e. The lowest BCUT2D eigenvalue weighted by Crippen LogP contribution is -2.39. The standard InChI is InChI=1S/C22H24N4O3S2/c1-11-8-9-15(12(2)10-11)23-21(29)24-18(27)13(3)30-22-25-19-17(20(28)26(22)4)14-6-5-7-16(14)31-19/h8-10,13H,5-7H2,1-4H3,(H2,23,24,27,29). The van der Waals surface area contributed by atoms with Gasteiger partial charge in [-0.15, -0.1) is 11.3 Å². The molecular formula is C22H24N4O3S2. The number of carbonyl (C=O) groups is 2. The number of nitrogens with one attached hydrogen (secondary N) is 2. The first-order valence-electron chi connectivity index (χ1n) is 10.1. The minimum atomic E-state index is -0.604. The maximum absolute atomic E-state index is 12.9. The molecule has 162 valence electrons. The number of urea groups is 1. The van der Waals surface area contributed by atoms with E-state index in [0.717, 1.165) is 40.8 Å². The van der Waals surface area contributed by atoms with Crippen molar-refractivity contribution >= 4 is 50.9 Å². The van der Waals surface area contributed by atoms with Crippen molar-refractivity contribution in [3.63, 3.8) is 0 Å². The Morgan fingerprint density at radius 1 is 1.26 bits per heavy atom. The summed E-state index contributed by atoms with van der Waals surface area (Å²) in [5.41, 5.74) is 3.72. The number of imide groups is 1. The van der Waals surface area contributed by atoms with Crippen molar-refractivity contribution < 1.29 is 9.59 Å². The number of anilines is 1. The van der Waals surface area contributed by atoms with Gasteiger partial charge < -0.3 is 5.32 Å². The van der Waals surface area contributed by atoms with E-state index in [1.54, 1.807) is 31.4 Å². The number of thiophene rings is 1. The molecule has 2 aromatic heterocycles. The van der Waals surface area contributed by atoms with Gasteiger partial charge in [-0.3, -0.25) is 19.5 Å². The van der Waals surface area contributed by atoms with E-state index in [9.17, 15) is 14.4 Å². The second-order valence-electron chi connectivity index (χ2n) is 7.82. The second kappa shape index (κ2) is 8.47. The topological polar surface area (TPSA) is 93.1 Å². The van der Waals surface area contributed by atoms with Crippen LogP contribution >= 0.6 is 23.1 Å². The number of aromatic nitrogens is 2. The molecule has 0 bridgehead atoms. The van der Waals surface area contributed by atoms with E-state index in [-0.39, 0.29) is 5.56 Å². The molecule has 1 aromatic carbocycles. The number of amides is 3. The van der Waals surface area contributed by atoms with E-state index >= 15 is 0 Å². The third-order valence-electron chi connectivity index (χ3n) is 5.42. The van der Waals surface area contributed by atoms with Crippen molar-refractivity contribution in [2.45, 2.75) is 50.4 Å². The molecule has 0 fully saturated rings. The molecule has 0 saturated carbocycles. The Balaban J connectivity index is 1.46. The highest BCUT2D eigenvalue weighted by Gasteiger charge is 2.24. The Morgan fingerprint density at radius 3 is 2.77 bits per heavy atom. The molecular weight excluding hydrogens is 432 g/mol. The highest BCUT2D eigenvalue weighted by molar-refractivity contribution is 8.00. The lowest BCUT2D eigenvalue weighted by atomic mass is 10.1. The molecule has 2 heterocycles. The van der Waals surface area contributed by atoms with Gasteiger partial charge in [0.2, 0.25) is 5.91 Å². The summed E-state index contributed by atoms with van der Waals surface area (Å²) in [6.45, 7) is 5.56. The Kier molecular flexibility index (Phi) is 5.90. The maximum Gasteiger partial charge on any atom is 0.325 e. The summed E-state index contributed by atoms with van der Waals surface area (Å²) >= 11 is 2.74. The monoisotopic (exact) mass is 456 g/mol. The van der Waals surface area contributed by atoms with Crippen molar-refractivity contribution in [2.24, 2.45) is 7.05 Å². The van der Waals surface area contributed by atoms with Crippen molar-refractivity contribution in [2.75, 3.05) is 5.32 Å². The Hall–Kier alpha value is -2.65. The van der Waals surface area contributed by atoms with Gasteiger partial charge in [0.25, 0.3) is 5.56 Å². The number of rotatable bonds is 4. The van der Waals surface area contributed by atoms with E-state index in [4.69, 9.17) is 0 Å². The van der Waals surface area contributed by atoms with Crippen molar-refractivity contribution in [3.05, 3.63) is 50.1 Å². The van der Waals surface area contributed by atoms with Gasteiger partial charge in [0.05, 0.1) is 10.6 Å². The van der Waals surface area contributed by atoms with Crippen LogP contribution in [0, 0.1) is 13.8 Å². The first-order chi connectivity index (χ1) is 14.7. The average Bonchev–Trinajstić information content (AvgIpc) is 3.28. The molecule has 1 aliphatic carbocycles. The predicted octanol–water partition coefficient (Wildman–Crippen LogP) is 3.93. The van der Waals surface area contributed by atoms with Crippen LogP contribution in [0.25, 0.3) is 10.2 Å². The van der Waals surface area contributed by atoms with Gasteiger partial charge >= 0.3 is 6.03 Å². The third-order valence-corrected chi connectivity index (χ3v) is 7.75. The van der Waals surface area contributed by atoms with Crippen LogP contribution in [0.1, 0.15) is 34.9 Å². The van der Waals surface area contributed by atoms with Crippen LogP contribution in [-0.2, 0) is 24.7 Å². The van der Waals surface area contributed by atoms with Gasteiger partial charge in [0.15, 0.2) is 5.16 Å². The predicted molar refractivity (Wildman–Crippen MR) is 125 cm³/mol. The molecule has 0 spiro atoms. The average molecular weight is 457 g/mol. The summed E-state index contributed by atoms with van der Waals surface area (Å²) in [4.78, 5) is 44.4. The summed E-state index contributed by atoms with van der Waals surface area (Å²) < 4.78 is 1.50. The number of hydrogen-bond donors (Lipinski definition) is 2. The van der Waals surface area contributed by atoms with Crippen molar-refractivity contribution in [3.8, 4) is 0 Å². The van der Waals surface area contributed by atoms with E-state index in [2.05, 4.69) is 15.6 Å². The molecule has 1 unspecified atom stereocenters. The Labute approximate surface area is 188 Å². The molecule has 3 aromatic rings. The van der Waals surface area contributed by atoms with Crippen LogP contribution in [0.15, 0.2) is 28.2 Å². The molecule has 1 aliphatic rings. The van der Waals surface area contributed by atoms with E-state index in [1.165, 1.54) is 21.2 Å². The summed E-state index contributed by atoms with van der Waals surface area (Å²) in [7, 11) is 1.67. The van der Waals surface area contributed by atoms with Crippen LogP contribution in [-0.4, -0.2) is 26.7 Å². The highest BCUT2D eigenvalue weighted by Crippen LogP contribution is 2.35. The molecule has 9 heteroatoms. The minimum absolute atomic E-state index is 0.0768. The zero-order valence-electron chi connectivity index (χ0n) is 17.9. The maximum atomic E-state index is 12.9. The molecule has 2 N–H and O–H groups in total. The zero-order chi connectivity index (χ0) is 22.3. The van der Waals surface area contributed by atoms with Crippen molar-refractivity contribution in [1.29, 1.82) is 0 Å². The van der Waals surface area contributed by atoms with E-state index in [0.29, 0.717) is 16.2 Å². The first-order valence-corrected chi connectivity index (χ1v) is 11.8. The zero-order valence-corrected chi connectivity index (χ0v) is 19.5. The molecule has 7 nitrogen and oxygen atoms in total. The fourth-order valence-corrected chi connectivity index (χ4v) is 5.92. The van der Waals surface area contributed by atoms with Crippen LogP contribution in [0.4, 0.5) is 10.5 Å². The van der Waals surface area contributed by atoms with Gasteiger partial charge in [-0.1, -0.05) is 29.5 Å². The molecule has 4 rings (SSSR count). The van der Waals surface area contributed by atoms with Gasteiger partial charge in [-0.25, -0.2) is 9.78 Å². The molecule has 1 atom stereocenters. The molecule has 0 saturated heterocycles. The van der Waals surface area contributed by atoms with E-state index < -0.39 is 17.2 Å². The third kappa shape index (κ3) is 4.24. The number of hydrogen-bond acceptors (Lipinski definition) is 6. The fourth-order valence-electron chi connectivity index (χ4n) is 3.74. The lowest BCUT2D eigenvalue weighted by molar-refractivity contribution is -0.119. The number of aryl methyl sites for hydroxylation is 4. The number of benzene rings is 1. The number of fused-ring (bicyclic) bond motifs is 3. The van der Waals surface area contributed by atoms with Crippen molar-refractivity contribution in [1.82, 2.24) is 14.9 Å². The Morgan fingerprint density at radius 2 is 2.03 bits per heavy atom. The van der Waals surface area contributed by atoms with Gasteiger partial charge in [-0.2, -0.15) is 0 Å². The minimum Gasteiger partial charge on any atom is -0.307 e. The van der Waals surface area contributed by atoms with Gasteiger partial charge in [0.1, 0.15) is 4.83 Å². The van der Waals surface area contributed by atoms with E-state index in [1.807, 2.05) is 26.0 Å². The van der Waals surface area contributed by atoms with Crippen LogP contribution in [0.5, 0.6) is 0 Å². The number of thioether (sulfide) groups is 1. The van der Waals surface area contributed by atoms with Crippen LogP contribution in [0.2, 0.25) is 0 Å². The van der Waals surface area contributed by atoms with Crippen LogP contribution < -0.4 is 16.2 Å². The molecule has 0 radical (unpaired) electrons. The number of carbonyl (C=O) groups excluding carboxylic acids is 2. The summed E-state index contributed by atoms with van der Waals surface area (Å²) in [5, 5.41) is 5.65. The normalized spacial score (nSPS) is 13.8. The summed E-state index contributed by atoms with van der Waals surface area (Å²) in [6.07, 6.45) is 3.00. The first kappa shape index (κ1) is 21.6.